The Hall–Kier alpha value is -1.00. The van der Waals surface area contributed by atoms with Crippen molar-refractivity contribution < 1.29 is 5.11 Å². The second kappa shape index (κ2) is 5.19. The van der Waals surface area contributed by atoms with E-state index in [-0.39, 0.29) is 6.54 Å². The van der Waals surface area contributed by atoms with E-state index in [0.29, 0.717) is 11.7 Å². The maximum Gasteiger partial charge on any atom is 0.158 e. The summed E-state index contributed by atoms with van der Waals surface area (Å²) in [6.07, 6.45) is 0.143. The molecule has 4 nitrogen and oxygen atoms in total. The predicted octanol–water partition coefficient (Wildman–Crippen LogP) is 0.976. The van der Waals surface area contributed by atoms with Crippen LogP contribution in [0.4, 0.5) is 0 Å². The van der Waals surface area contributed by atoms with Gasteiger partial charge in [-0.25, -0.2) is 9.97 Å². The lowest BCUT2D eigenvalue weighted by Crippen LogP contribution is -2.16. The maximum atomic E-state index is 9.56. The maximum absolute atomic E-state index is 9.56. The Kier molecular flexibility index (Phi) is 4.17. The number of hydrogen-bond acceptors (Lipinski definition) is 4. The molecular weight excluding hydrogens is 190 g/mol. The van der Waals surface area contributed by atoms with Gasteiger partial charge in [0.2, 0.25) is 0 Å². The molecule has 84 valence electrons. The molecule has 1 aromatic rings. The number of hydrogen-bond donors (Lipinski definition) is 2. The normalized spacial score (nSPS) is 13.2. The van der Waals surface area contributed by atoms with Crippen molar-refractivity contribution in [3.8, 4) is 0 Å². The highest BCUT2D eigenvalue weighted by molar-refractivity contribution is 5.11. The van der Waals surface area contributed by atoms with Gasteiger partial charge in [0.1, 0.15) is 6.10 Å². The van der Waals surface area contributed by atoms with Gasteiger partial charge in [-0.1, -0.05) is 13.8 Å². The summed E-state index contributed by atoms with van der Waals surface area (Å²) < 4.78 is 0. The molecule has 0 amide bonds. The van der Waals surface area contributed by atoms with Crippen molar-refractivity contribution in [3.05, 3.63) is 23.3 Å². The quantitative estimate of drug-likeness (QED) is 0.775. The lowest BCUT2D eigenvalue weighted by Gasteiger charge is -2.10. The molecule has 0 fully saturated rings. The van der Waals surface area contributed by atoms with E-state index >= 15 is 0 Å². The molecule has 3 N–H and O–H groups in total. The molecule has 0 radical (unpaired) electrons. The summed E-state index contributed by atoms with van der Waals surface area (Å²) in [5.41, 5.74) is 7.23. The van der Waals surface area contributed by atoms with Crippen molar-refractivity contribution in [2.75, 3.05) is 6.54 Å². The molecule has 1 rings (SSSR count). The third-order valence-electron chi connectivity index (χ3n) is 2.06. The Bertz CT molecular complexity index is 326. The van der Waals surface area contributed by atoms with Crippen LogP contribution in [-0.2, 0) is 6.42 Å². The molecule has 0 aliphatic carbocycles. The van der Waals surface area contributed by atoms with Crippen molar-refractivity contribution in [3.63, 3.8) is 0 Å². The van der Waals surface area contributed by atoms with Crippen LogP contribution in [0.1, 0.15) is 37.2 Å². The van der Waals surface area contributed by atoms with Gasteiger partial charge in [0.25, 0.3) is 0 Å². The minimum atomic E-state index is -0.754. The number of aliphatic hydroxyl groups is 1. The van der Waals surface area contributed by atoms with Crippen LogP contribution in [0.25, 0.3) is 0 Å². The second-order valence-corrected chi connectivity index (χ2v) is 4.21. The Morgan fingerprint density at radius 3 is 2.60 bits per heavy atom. The fourth-order valence-electron chi connectivity index (χ4n) is 1.44. The third-order valence-corrected chi connectivity index (χ3v) is 2.06. The van der Waals surface area contributed by atoms with Crippen molar-refractivity contribution in [2.24, 2.45) is 11.7 Å². The minimum Gasteiger partial charge on any atom is -0.384 e. The van der Waals surface area contributed by atoms with Gasteiger partial charge in [0.15, 0.2) is 5.82 Å². The number of nitrogens with two attached hydrogens (primary N) is 1. The summed E-state index contributed by atoms with van der Waals surface area (Å²) >= 11 is 0. The first-order valence-electron chi connectivity index (χ1n) is 5.25. The smallest absolute Gasteiger partial charge is 0.158 e. The Morgan fingerprint density at radius 1 is 1.40 bits per heavy atom. The molecule has 1 atom stereocenters. The van der Waals surface area contributed by atoms with E-state index in [0.717, 1.165) is 17.8 Å². The van der Waals surface area contributed by atoms with Crippen LogP contribution in [0.3, 0.4) is 0 Å². The molecule has 0 aliphatic rings. The van der Waals surface area contributed by atoms with Gasteiger partial charge in [0.05, 0.1) is 0 Å². The summed E-state index contributed by atoms with van der Waals surface area (Å²) in [7, 11) is 0. The molecule has 0 aliphatic heterocycles. The van der Waals surface area contributed by atoms with Gasteiger partial charge in [0, 0.05) is 17.9 Å². The Morgan fingerprint density at radius 2 is 2.07 bits per heavy atom. The summed E-state index contributed by atoms with van der Waals surface area (Å²) in [5, 5.41) is 9.56. The number of rotatable bonds is 4. The lowest BCUT2D eigenvalue weighted by molar-refractivity contribution is 0.176. The van der Waals surface area contributed by atoms with Crippen LogP contribution in [0.5, 0.6) is 0 Å². The fraction of sp³-hybridized carbons (Fsp3) is 0.636. The van der Waals surface area contributed by atoms with E-state index < -0.39 is 6.10 Å². The van der Waals surface area contributed by atoms with Crippen LogP contribution in [-0.4, -0.2) is 21.6 Å². The largest absolute Gasteiger partial charge is 0.384 e. The highest BCUT2D eigenvalue weighted by atomic mass is 16.3. The van der Waals surface area contributed by atoms with Gasteiger partial charge < -0.3 is 10.8 Å². The van der Waals surface area contributed by atoms with Crippen LogP contribution in [0.2, 0.25) is 0 Å². The van der Waals surface area contributed by atoms with Gasteiger partial charge >= 0.3 is 0 Å². The molecule has 1 heterocycles. The first-order valence-corrected chi connectivity index (χ1v) is 5.25. The monoisotopic (exact) mass is 209 g/mol. The van der Waals surface area contributed by atoms with E-state index in [2.05, 4.69) is 23.8 Å². The molecule has 0 saturated heterocycles. The Balaban J connectivity index is 2.94. The number of aliphatic hydroxyl groups excluding tert-OH is 1. The fourth-order valence-corrected chi connectivity index (χ4v) is 1.44. The highest BCUT2D eigenvalue weighted by Crippen LogP contribution is 2.11. The molecular formula is C11H19N3O. The first kappa shape index (κ1) is 12.1. The van der Waals surface area contributed by atoms with E-state index in [1.54, 1.807) is 0 Å². The average molecular weight is 209 g/mol. The zero-order valence-corrected chi connectivity index (χ0v) is 9.57. The first-order chi connectivity index (χ1) is 7.02. The van der Waals surface area contributed by atoms with Crippen molar-refractivity contribution in [1.29, 1.82) is 0 Å². The van der Waals surface area contributed by atoms with Crippen LogP contribution in [0, 0.1) is 12.8 Å². The molecule has 0 saturated carbocycles. The summed E-state index contributed by atoms with van der Waals surface area (Å²) in [6.45, 7) is 6.33. The lowest BCUT2D eigenvalue weighted by atomic mass is 10.1. The number of aryl methyl sites for hydroxylation is 1. The third kappa shape index (κ3) is 3.57. The average Bonchev–Trinajstić information content (AvgIpc) is 2.14. The highest BCUT2D eigenvalue weighted by Gasteiger charge is 2.11. The molecule has 4 heteroatoms. The van der Waals surface area contributed by atoms with E-state index in [9.17, 15) is 5.11 Å². The SMILES string of the molecule is Cc1cc(CC(C)C)nc(C(O)CN)n1. The van der Waals surface area contributed by atoms with Gasteiger partial charge in [-0.05, 0) is 25.3 Å². The van der Waals surface area contributed by atoms with Crippen molar-refractivity contribution >= 4 is 0 Å². The van der Waals surface area contributed by atoms with Crippen LogP contribution in [0.15, 0.2) is 6.07 Å². The standard InChI is InChI=1S/C11H19N3O/c1-7(2)4-9-5-8(3)13-11(14-9)10(15)6-12/h5,7,10,15H,4,6,12H2,1-3H3. The molecule has 0 spiro atoms. The topological polar surface area (TPSA) is 72.0 Å². The minimum absolute atomic E-state index is 0.157. The van der Waals surface area contributed by atoms with Gasteiger partial charge in [-0.3, -0.25) is 0 Å². The molecule has 15 heavy (non-hydrogen) atoms. The number of nitrogens with zero attached hydrogens (tertiary/aromatic N) is 2. The molecule has 1 unspecified atom stereocenters. The summed E-state index contributed by atoms with van der Waals surface area (Å²) in [6, 6.07) is 1.95. The van der Waals surface area contributed by atoms with Crippen molar-refractivity contribution in [2.45, 2.75) is 33.3 Å². The summed E-state index contributed by atoms with van der Waals surface area (Å²) in [4.78, 5) is 8.47. The predicted molar refractivity (Wildman–Crippen MR) is 59.3 cm³/mol. The molecule has 0 bridgehead atoms. The molecule has 0 aromatic carbocycles. The van der Waals surface area contributed by atoms with Gasteiger partial charge in [-0.15, -0.1) is 0 Å². The zero-order valence-electron chi connectivity index (χ0n) is 9.57. The number of aromatic nitrogens is 2. The van der Waals surface area contributed by atoms with Crippen molar-refractivity contribution in [1.82, 2.24) is 9.97 Å². The Labute approximate surface area is 90.6 Å². The van der Waals surface area contributed by atoms with Crippen LogP contribution >= 0.6 is 0 Å². The zero-order chi connectivity index (χ0) is 11.4. The van der Waals surface area contributed by atoms with E-state index in [4.69, 9.17) is 5.73 Å². The molecule has 1 aromatic heterocycles. The van der Waals surface area contributed by atoms with E-state index in [1.165, 1.54) is 0 Å². The second-order valence-electron chi connectivity index (χ2n) is 4.21. The van der Waals surface area contributed by atoms with Crippen LogP contribution < -0.4 is 5.73 Å². The van der Waals surface area contributed by atoms with E-state index in [1.807, 2.05) is 13.0 Å². The summed E-state index contributed by atoms with van der Waals surface area (Å²) in [5.74, 6) is 0.982. The van der Waals surface area contributed by atoms with Gasteiger partial charge in [-0.2, -0.15) is 0 Å².